The second kappa shape index (κ2) is 7.86. The van der Waals surface area contributed by atoms with Crippen LogP contribution in [0.2, 0.25) is 13.1 Å². The van der Waals surface area contributed by atoms with Gasteiger partial charge in [0.25, 0.3) is 0 Å². The smallest absolute Gasteiger partial charge is 0.333 e. The lowest BCUT2D eigenvalue weighted by atomic mass is 9.45. The summed E-state index contributed by atoms with van der Waals surface area (Å²) in [6, 6.07) is 37.8. The molecule has 0 fully saturated rings. The summed E-state index contributed by atoms with van der Waals surface area (Å²) in [6.45, 7) is 14.8. The Labute approximate surface area is 261 Å². The van der Waals surface area contributed by atoms with Gasteiger partial charge in [-0.2, -0.15) is 0 Å². The number of hydrogen-bond acceptors (Lipinski definition) is 1. The molecule has 4 heteroatoms. The number of rotatable bonds is 1. The molecule has 4 aliphatic rings. The maximum absolute atomic E-state index is 2.77. The van der Waals surface area contributed by atoms with Crippen molar-refractivity contribution in [2.24, 2.45) is 0 Å². The largest absolute Gasteiger partial charge is 0.375 e. The van der Waals surface area contributed by atoms with Gasteiger partial charge in [-0.1, -0.05) is 126 Å². The van der Waals surface area contributed by atoms with Crippen molar-refractivity contribution in [3.05, 3.63) is 114 Å². The molecule has 0 bridgehead atoms. The molecule has 0 amide bonds. The number of aromatic nitrogens is 1. The van der Waals surface area contributed by atoms with Crippen LogP contribution in [0, 0.1) is 0 Å². The molecule has 212 valence electrons. The van der Waals surface area contributed by atoms with E-state index in [1.807, 2.05) is 0 Å². The molecule has 10 rings (SSSR count). The molecule has 2 nitrogen and oxygen atoms in total. The lowest BCUT2D eigenvalue weighted by Crippen LogP contribution is -2.65. The van der Waals surface area contributed by atoms with Crippen molar-refractivity contribution in [3.8, 4) is 22.4 Å². The van der Waals surface area contributed by atoms with Crippen molar-refractivity contribution in [2.75, 3.05) is 4.90 Å². The molecule has 6 aromatic rings. The highest BCUT2D eigenvalue weighted by Crippen LogP contribution is 2.56. The fourth-order valence-electron chi connectivity index (χ4n) is 9.47. The fraction of sp³-hybridized carbons (Fsp3) is 0.200. The average molecular weight is 583 g/mol. The molecular formula is C40H35BN2Si. The number of para-hydroxylation sites is 3. The van der Waals surface area contributed by atoms with Crippen molar-refractivity contribution < 1.29 is 0 Å². The van der Waals surface area contributed by atoms with Crippen LogP contribution in [-0.4, -0.2) is 19.4 Å². The summed E-state index contributed by atoms with van der Waals surface area (Å²) >= 11 is 0. The van der Waals surface area contributed by atoms with Crippen molar-refractivity contribution >= 4 is 64.2 Å². The van der Waals surface area contributed by atoms with Gasteiger partial charge in [-0.05, 0) is 61.6 Å². The van der Waals surface area contributed by atoms with Gasteiger partial charge >= 0.3 is 6.85 Å². The summed E-state index contributed by atoms with van der Waals surface area (Å²) in [5, 5.41) is 4.49. The van der Waals surface area contributed by atoms with Crippen molar-refractivity contribution in [2.45, 2.75) is 52.1 Å². The maximum Gasteiger partial charge on any atom is 0.333 e. The van der Waals surface area contributed by atoms with Crippen molar-refractivity contribution in [3.63, 3.8) is 0 Å². The third-order valence-electron chi connectivity index (χ3n) is 11.5. The Morgan fingerprint density at radius 1 is 0.727 bits per heavy atom. The van der Waals surface area contributed by atoms with Gasteiger partial charge < -0.3 is 9.38 Å². The average Bonchev–Trinajstić information content (AvgIpc) is 3.49. The third kappa shape index (κ3) is 2.68. The summed E-state index contributed by atoms with van der Waals surface area (Å²) < 4.78 is 2.77. The number of hydrogen-bond donors (Lipinski definition) is 0. The van der Waals surface area contributed by atoms with E-state index in [4.69, 9.17) is 0 Å². The molecule has 0 N–H and O–H groups in total. The molecule has 5 aromatic carbocycles. The summed E-state index contributed by atoms with van der Waals surface area (Å²) in [6.07, 6.45) is 0. The van der Waals surface area contributed by atoms with E-state index in [-0.39, 0.29) is 12.3 Å². The van der Waals surface area contributed by atoms with Gasteiger partial charge in [0.1, 0.15) is 8.07 Å². The minimum atomic E-state index is -1.95. The second-order valence-electron chi connectivity index (χ2n) is 14.7. The van der Waals surface area contributed by atoms with E-state index in [1.165, 1.54) is 83.2 Å². The molecule has 1 aliphatic carbocycles. The molecule has 0 spiro atoms. The molecule has 1 aromatic heterocycles. The first-order chi connectivity index (χ1) is 21.2. The lowest BCUT2D eigenvalue weighted by Gasteiger charge is -2.48. The van der Waals surface area contributed by atoms with Crippen LogP contribution in [0.15, 0.2) is 97.1 Å². The molecule has 4 heterocycles. The number of fused-ring (bicyclic) bond motifs is 11. The van der Waals surface area contributed by atoms with Crippen molar-refractivity contribution in [1.29, 1.82) is 0 Å². The Bertz CT molecular complexity index is 2290. The van der Waals surface area contributed by atoms with Crippen LogP contribution in [0.1, 0.15) is 50.3 Å². The molecule has 0 saturated heterocycles. The van der Waals surface area contributed by atoms with Crippen LogP contribution in [-0.2, 0) is 5.41 Å². The first kappa shape index (κ1) is 25.1. The summed E-state index contributed by atoms with van der Waals surface area (Å²) in [4.78, 5) is 2.66. The van der Waals surface area contributed by atoms with Gasteiger partial charge in [-0.15, -0.1) is 0 Å². The molecule has 0 radical (unpaired) electrons. The van der Waals surface area contributed by atoms with Crippen LogP contribution in [0.25, 0.3) is 33.3 Å². The summed E-state index contributed by atoms with van der Waals surface area (Å²) in [7, 11) is -1.95. The van der Waals surface area contributed by atoms with Crippen molar-refractivity contribution in [1.82, 2.24) is 4.48 Å². The first-order valence-corrected chi connectivity index (χ1v) is 19.2. The molecule has 0 unspecified atom stereocenters. The van der Waals surface area contributed by atoms with E-state index in [0.717, 1.165) is 0 Å². The second-order valence-corrected chi connectivity index (χ2v) is 19.1. The number of benzene rings is 5. The van der Waals surface area contributed by atoms with E-state index in [9.17, 15) is 0 Å². The third-order valence-corrected chi connectivity index (χ3v) is 15.0. The highest BCUT2D eigenvalue weighted by Gasteiger charge is 2.51. The fourth-order valence-corrected chi connectivity index (χ4v) is 12.5. The SMILES string of the molecule is CC(C)c1cc2c3c(c1)N1c4ccccc4[Si](C)(C)c4cccc(c41)B3n1c3c(c4cccc-2c41)C(C)(C)c1ccccc1-3. The zero-order valence-electron chi connectivity index (χ0n) is 26.3. The normalized spacial score (nSPS) is 16.9. The molecule has 0 atom stereocenters. The Kier molecular flexibility index (Phi) is 4.48. The predicted molar refractivity (Wildman–Crippen MR) is 191 cm³/mol. The minimum Gasteiger partial charge on any atom is -0.375 e. The Hall–Kier alpha value is -4.28. The Balaban J connectivity index is 1.43. The van der Waals surface area contributed by atoms with Gasteiger partial charge in [-0.25, -0.2) is 0 Å². The topological polar surface area (TPSA) is 8.17 Å². The van der Waals surface area contributed by atoms with Crippen LogP contribution in [0.3, 0.4) is 0 Å². The predicted octanol–water partition coefficient (Wildman–Crippen LogP) is 7.62. The molecule has 3 aliphatic heterocycles. The quantitative estimate of drug-likeness (QED) is 0.181. The number of anilines is 3. The highest BCUT2D eigenvalue weighted by atomic mass is 28.3. The van der Waals surface area contributed by atoms with E-state index < -0.39 is 8.07 Å². The number of nitrogens with zero attached hydrogens (tertiary/aromatic N) is 2. The summed E-state index contributed by atoms with van der Waals surface area (Å²) in [5.41, 5.74) is 18.3. The van der Waals surface area contributed by atoms with Gasteiger partial charge in [0.15, 0.2) is 0 Å². The van der Waals surface area contributed by atoms with Crippen LogP contribution < -0.4 is 26.2 Å². The standard InChI is InChI=1S/C40H35BN2Si/c1-23(2)24-21-28-25-14-11-15-27-35-38(26-13-7-8-16-29(26)40(35,3)4)43(37(25)27)41-30-17-12-20-34-39(30)42(32(22-24)36(28)41)31-18-9-10-19-33(31)44(34,5)6/h7-23H,1-6H3. The van der Waals surface area contributed by atoms with E-state index >= 15 is 0 Å². The van der Waals surface area contributed by atoms with Crippen LogP contribution in [0.5, 0.6) is 0 Å². The highest BCUT2D eigenvalue weighted by molar-refractivity contribution is 7.04. The van der Waals surface area contributed by atoms with E-state index in [0.29, 0.717) is 5.92 Å². The minimum absolute atomic E-state index is 0.0683. The lowest BCUT2D eigenvalue weighted by molar-refractivity contribution is 0.666. The molecule has 0 saturated carbocycles. The monoisotopic (exact) mass is 582 g/mol. The van der Waals surface area contributed by atoms with E-state index in [2.05, 4.69) is 147 Å². The molecule has 44 heavy (non-hydrogen) atoms. The zero-order chi connectivity index (χ0) is 29.9. The van der Waals surface area contributed by atoms with Gasteiger partial charge in [0, 0.05) is 50.2 Å². The molecular weight excluding hydrogens is 547 g/mol. The Morgan fingerprint density at radius 3 is 2.30 bits per heavy atom. The van der Waals surface area contributed by atoms with Gasteiger partial charge in [0.05, 0.1) is 0 Å². The Morgan fingerprint density at radius 2 is 1.45 bits per heavy atom. The summed E-state index contributed by atoms with van der Waals surface area (Å²) in [5.74, 6) is 0.432. The van der Waals surface area contributed by atoms with Gasteiger partial charge in [-0.3, -0.25) is 0 Å². The van der Waals surface area contributed by atoms with E-state index in [1.54, 1.807) is 5.19 Å². The van der Waals surface area contributed by atoms with Gasteiger partial charge in [0.2, 0.25) is 0 Å². The van der Waals surface area contributed by atoms with Crippen LogP contribution in [0.4, 0.5) is 17.1 Å². The first-order valence-electron chi connectivity index (χ1n) is 16.2. The maximum atomic E-state index is 2.77. The zero-order valence-corrected chi connectivity index (χ0v) is 27.3. The van der Waals surface area contributed by atoms with Crippen LogP contribution >= 0.6 is 0 Å².